The number of nitrogens with one attached hydrogen (secondary N) is 2. The number of rotatable bonds is 3. The van der Waals surface area contributed by atoms with Crippen molar-refractivity contribution in [2.45, 2.75) is 0 Å². The summed E-state index contributed by atoms with van der Waals surface area (Å²) in [4.78, 5) is 11.1. The highest BCUT2D eigenvalue weighted by atomic mass is 127. The van der Waals surface area contributed by atoms with Gasteiger partial charge in [0.2, 0.25) is 0 Å². The molecule has 0 bridgehead atoms. The summed E-state index contributed by atoms with van der Waals surface area (Å²) in [6, 6.07) is 1.64. The smallest absolute Gasteiger partial charge is 0.269 e. The number of nitrogens with zero attached hydrogens (tertiary/aromatic N) is 1. The molecule has 0 aromatic carbocycles. The van der Waals surface area contributed by atoms with Crippen LogP contribution in [0.1, 0.15) is 10.5 Å². The quantitative estimate of drug-likeness (QED) is 0.620. The van der Waals surface area contributed by atoms with Crippen molar-refractivity contribution in [2.75, 3.05) is 11.0 Å². The fraction of sp³-hybridized carbons (Fsp3) is 0.333. The second-order valence-corrected chi connectivity index (χ2v) is 2.99. The maximum Gasteiger partial charge on any atom is 0.269 e. The molecule has 0 aliphatic carbocycles. The van der Waals surface area contributed by atoms with Crippen LogP contribution in [0.25, 0.3) is 0 Å². The Morgan fingerprint density at radius 1 is 1.82 bits per heavy atom. The van der Waals surface area contributed by atoms with E-state index in [1.807, 2.05) is 0 Å². The largest absolute Gasteiger partial charge is 0.350 e. The van der Waals surface area contributed by atoms with Gasteiger partial charge >= 0.3 is 0 Å². The van der Waals surface area contributed by atoms with Crippen LogP contribution in [-0.2, 0) is 0 Å². The van der Waals surface area contributed by atoms with E-state index in [4.69, 9.17) is 0 Å². The van der Waals surface area contributed by atoms with Crippen LogP contribution in [-0.4, -0.2) is 27.1 Å². The molecular formula is C6H8IN3O. The van der Waals surface area contributed by atoms with Crippen molar-refractivity contribution >= 4 is 28.5 Å². The van der Waals surface area contributed by atoms with Gasteiger partial charge in [0, 0.05) is 17.2 Å². The minimum absolute atomic E-state index is 0.0980. The van der Waals surface area contributed by atoms with Crippen LogP contribution in [0.3, 0.4) is 0 Å². The topological polar surface area (TPSA) is 57.8 Å². The normalized spacial score (nSPS) is 9.55. The Morgan fingerprint density at radius 2 is 2.64 bits per heavy atom. The van der Waals surface area contributed by atoms with E-state index >= 15 is 0 Å². The lowest BCUT2D eigenvalue weighted by atomic mass is 10.4. The van der Waals surface area contributed by atoms with Crippen molar-refractivity contribution in [3.05, 3.63) is 18.0 Å². The Balaban J connectivity index is 2.43. The molecule has 2 N–H and O–H groups in total. The zero-order valence-electron chi connectivity index (χ0n) is 5.80. The zero-order chi connectivity index (χ0) is 8.10. The van der Waals surface area contributed by atoms with Crippen molar-refractivity contribution in [1.82, 2.24) is 15.5 Å². The third-order valence-corrected chi connectivity index (χ3v) is 1.66. The number of hydrogen-bond acceptors (Lipinski definition) is 2. The number of alkyl halides is 1. The Bertz CT molecular complexity index is 222. The molecule has 1 rings (SSSR count). The van der Waals surface area contributed by atoms with Gasteiger partial charge in [-0.15, -0.1) is 0 Å². The summed E-state index contributed by atoms with van der Waals surface area (Å²) in [5, 5.41) is 8.96. The van der Waals surface area contributed by atoms with E-state index in [9.17, 15) is 4.79 Å². The Morgan fingerprint density at radius 3 is 3.18 bits per heavy atom. The van der Waals surface area contributed by atoms with E-state index in [0.29, 0.717) is 12.2 Å². The highest BCUT2D eigenvalue weighted by Gasteiger charge is 2.03. The highest BCUT2D eigenvalue weighted by Crippen LogP contribution is 1.90. The van der Waals surface area contributed by atoms with Crippen LogP contribution in [0.15, 0.2) is 12.3 Å². The Kier molecular flexibility index (Phi) is 3.34. The van der Waals surface area contributed by atoms with Crippen LogP contribution in [0.2, 0.25) is 0 Å². The second-order valence-electron chi connectivity index (χ2n) is 1.92. The highest BCUT2D eigenvalue weighted by molar-refractivity contribution is 14.1. The lowest BCUT2D eigenvalue weighted by Gasteiger charge is -1.98. The average molecular weight is 265 g/mol. The molecule has 11 heavy (non-hydrogen) atoms. The van der Waals surface area contributed by atoms with Crippen molar-refractivity contribution in [2.24, 2.45) is 0 Å². The first-order chi connectivity index (χ1) is 5.34. The molecule has 60 valence electrons. The van der Waals surface area contributed by atoms with Gasteiger partial charge < -0.3 is 5.32 Å². The third-order valence-electron chi connectivity index (χ3n) is 1.13. The molecule has 1 heterocycles. The summed E-state index contributed by atoms with van der Waals surface area (Å²) in [6.07, 6.45) is 1.55. The number of carbonyl (C=O) groups excluding carboxylic acids is 1. The van der Waals surface area contributed by atoms with Crippen molar-refractivity contribution < 1.29 is 4.79 Å². The van der Waals surface area contributed by atoms with Crippen molar-refractivity contribution in [1.29, 1.82) is 0 Å². The Labute approximate surface area is 77.9 Å². The number of aromatic nitrogens is 2. The zero-order valence-corrected chi connectivity index (χ0v) is 7.96. The summed E-state index contributed by atoms with van der Waals surface area (Å²) in [5.41, 5.74) is 0.509. The molecule has 1 amide bonds. The van der Waals surface area contributed by atoms with E-state index in [1.54, 1.807) is 12.3 Å². The predicted octanol–water partition coefficient (Wildman–Crippen LogP) is 0.574. The molecule has 0 unspecified atom stereocenters. The molecule has 5 heteroatoms. The van der Waals surface area contributed by atoms with E-state index in [2.05, 4.69) is 38.1 Å². The van der Waals surface area contributed by atoms with E-state index < -0.39 is 0 Å². The second kappa shape index (κ2) is 4.32. The molecule has 4 nitrogen and oxygen atoms in total. The SMILES string of the molecule is O=C(NCCI)c1ccn[nH]1. The summed E-state index contributed by atoms with van der Waals surface area (Å²) in [6.45, 7) is 0.693. The van der Waals surface area contributed by atoms with Gasteiger partial charge in [0.25, 0.3) is 5.91 Å². The number of amides is 1. The molecular weight excluding hydrogens is 257 g/mol. The molecule has 0 aliphatic heterocycles. The van der Waals surface area contributed by atoms with Gasteiger partial charge in [-0.3, -0.25) is 9.89 Å². The molecule has 0 radical (unpaired) electrons. The number of H-pyrrole nitrogens is 1. The van der Waals surface area contributed by atoms with Gasteiger partial charge in [-0.25, -0.2) is 0 Å². The molecule has 1 aromatic rings. The molecule has 0 saturated heterocycles. The first-order valence-corrected chi connectivity index (χ1v) is 4.70. The summed E-state index contributed by atoms with van der Waals surface area (Å²) < 4.78 is 0.914. The summed E-state index contributed by atoms with van der Waals surface area (Å²) in [5.74, 6) is -0.0980. The van der Waals surface area contributed by atoms with Gasteiger partial charge in [0.05, 0.1) is 0 Å². The van der Waals surface area contributed by atoms with Crippen LogP contribution in [0, 0.1) is 0 Å². The molecule has 0 spiro atoms. The first-order valence-electron chi connectivity index (χ1n) is 3.18. The van der Waals surface area contributed by atoms with Gasteiger partial charge in [0.1, 0.15) is 5.69 Å². The monoisotopic (exact) mass is 265 g/mol. The van der Waals surface area contributed by atoms with Gasteiger partial charge in [-0.05, 0) is 6.07 Å². The van der Waals surface area contributed by atoms with Crippen molar-refractivity contribution in [3.63, 3.8) is 0 Å². The predicted molar refractivity (Wildman–Crippen MR) is 49.8 cm³/mol. The first kappa shape index (κ1) is 8.51. The summed E-state index contributed by atoms with van der Waals surface area (Å²) in [7, 11) is 0. The lowest BCUT2D eigenvalue weighted by Crippen LogP contribution is -2.25. The molecule has 0 saturated carbocycles. The minimum atomic E-state index is -0.0980. The maximum absolute atomic E-state index is 11.1. The number of hydrogen-bond donors (Lipinski definition) is 2. The minimum Gasteiger partial charge on any atom is -0.350 e. The number of aromatic amines is 1. The van der Waals surface area contributed by atoms with E-state index in [1.165, 1.54) is 0 Å². The van der Waals surface area contributed by atoms with Gasteiger partial charge in [-0.2, -0.15) is 5.10 Å². The number of carbonyl (C=O) groups is 1. The molecule has 0 fully saturated rings. The molecule has 0 aliphatic rings. The fourth-order valence-electron chi connectivity index (χ4n) is 0.638. The third kappa shape index (κ3) is 2.49. The van der Waals surface area contributed by atoms with E-state index in [-0.39, 0.29) is 5.91 Å². The number of halogens is 1. The fourth-order valence-corrected chi connectivity index (χ4v) is 0.908. The molecule has 1 aromatic heterocycles. The lowest BCUT2D eigenvalue weighted by molar-refractivity contribution is 0.0951. The van der Waals surface area contributed by atoms with E-state index in [0.717, 1.165) is 4.43 Å². The standard InChI is InChI=1S/C6H8IN3O/c7-2-4-8-6(11)5-1-3-9-10-5/h1,3H,2,4H2,(H,8,11)(H,9,10). The van der Waals surface area contributed by atoms with Gasteiger partial charge in [0.15, 0.2) is 0 Å². The van der Waals surface area contributed by atoms with Crippen LogP contribution in [0.4, 0.5) is 0 Å². The maximum atomic E-state index is 11.1. The summed E-state index contributed by atoms with van der Waals surface area (Å²) >= 11 is 2.20. The van der Waals surface area contributed by atoms with Gasteiger partial charge in [-0.1, -0.05) is 22.6 Å². The van der Waals surface area contributed by atoms with Crippen molar-refractivity contribution in [3.8, 4) is 0 Å². The Hall–Kier alpha value is -0.590. The molecule has 0 atom stereocenters. The average Bonchev–Trinajstić information content (AvgIpc) is 2.52. The van der Waals surface area contributed by atoms with Crippen LogP contribution >= 0.6 is 22.6 Å². The van der Waals surface area contributed by atoms with Crippen LogP contribution < -0.4 is 5.32 Å². The van der Waals surface area contributed by atoms with Crippen LogP contribution in [0.5, 0.6) is 0 Å².